The van der Waals surface area contributed by atoms with Crippen LogP contribution in [0, 0.1) is 0 Å². The summed E-state index contributed by atoms with van der Waals surface area (Å²) in [6, 6.07) is 20.2. The van der Waals surface area contributed by atoms with Crippen LogP contribution in [0.3, 0.4) is 0 Å². The number of pyridine rings is 1. The molecule has 1 saturated heterocycles. The Labute approximate surface area is 200 Å². The van der Waals surface area contributed by atoms with E-state index in [1.807, 2.05) is 42.5 Å². The van der Waals surface area contributed by atoms with Crippen LogP contribution in [0.15, 0.2) is 77.8 Å². The van der Waals surface area contributed by atoms with Crippen LogP contribution in [0.2, 0.25) is 0 Å². The van der Waals surface area contributed by atoms with E-state index >= 15 is 0 Å². The minimum atomic E-state index is -3.41. The second-order valence-electron chi connectivity index (χ2n) is 8.29. The third-order valence-corrected chi connectivity index (χ3v) is 7.71. The van der Waals surface area contributed by atoms with E-state index in [-0.39, 0.29) is 5.91 Å². The molecule has 3 aromatic rings. The summed E-state index contributed by atoms with van der Waals surface area (Å²) in [7, 11) is -3.41. The van der Waals surface area contributed by atoms with E-state index in [1.165, 1.54) is 4.31 Å². The van der Waals surface area contributed by atoms with Crippen molar-refractivity contribution in [1.82, 2.24) is 14.6 Å². The third-order valence-electron chi connectivity index (χ3n) is 5.79. The molecule has 0 spiro atoms. The van der Waals surface area contributed by atoms with Crippen LogP contribution in [0.25, 0.3) is 0 Å². The number of aromatic nitrogens is 1. The van der Waals surface area contributed by atoms with Gasteiger partial charge in [0.15, 0.2) is 0 Å². The minimum Gasteiger partial charge on any atom is -0.487 e. The summed E-state index contributed by atoms with van der Waals surface area (Å²) in [5.41, 5.74) is 2.78. The third kappa shape index (κ3) is 6.42. The van der Waals surface area contributed by atoms with Gasteiger partial charge in [0, 0.05) is 32.3 Å². The molecule has 1 aliphatic rings. The maximum Gasteiger partial charge on any atom is 0.243 e. The Morgan fingerprint density at radius 1 is 0.941 bits per heavy atom. The quantitative estimate of drug-likeness (QED) is 0.479. The molecule has 0 atom stereocenters. The van der Waals surface area contributed by atoms with Crippen LogP contribution in [0.1, 0.15) is 36.1 Å². The molecule has 4 rings (SSSR count). The predicted octanol–water partition coefficient (Wildman–Crippen LogP) is 3.69. The molecule has 1 N–H and O–H groups in total. The monoisotopic (exact) mass is 479 g/mol. The van der Waals surface area contributed by atoms with E-state index in [2.05, 4.69) is 10.3 Å². The second-order valence-corrected chi connectivity index (χ2v) is 10.2. The largest absolute Gasteiger partial charge is 0.487 e. The van der Waals surface area contributed by atoms with Crippen molar-refractivity contribution in [2.75, 3.05) is 13.1 Å². The molecule has 178 valence electrons. The number of aryl methyl sites for hydroxylation is 1. The topological polar surface area (TPSA) is 88.6 Å². The summed E-state index contributed by atoms with van der Waals surface area (Å²) < 4.78 is 32.5. The number of hydrogen-bond acceptors (Lipinski definition) is 5. The second kappa shape index (κ2) is 11.3. The molecule has 1 amide bonds. The fourth-order valence-electron chi connectivity index (χ4n) is 3.80. The van der Waals surface area contributed by atoms with Crippen molar-refractivity contribution in [2.24, 2.45) is 0 Å². The molecule has 1 fully saturated rings. The lowest BCUT2D eigenvalue weighted by Gasteiger charge is -2.15. The van der Waals surface area contributed by atoms with Crippen molar-refractivity contribution in [3.63, 3.8) is 0 Å². The summed E-state index contributed by atoms with van der Waals surface area (Å²) in [5.74, 6) is 0.695. The number of benzene rings is 2. The Morgan fingerprint density at radius 3 is 2.32 bits per heavy atom. The van der Waals surface area contributed by atoms with Gasteiger partial charge in [0.05, 0.1) is 10.6 Å². The fraction of sp³-hybridized carbons (Fsp3) is 0.308. The van der Waals surface area contributed by atoms with Gasteiger partial charge in [-0.15, -0.1) is 0 Å². The van der Waals surface area contributed by atoms with Gasteiger partial charge in [0.25, 0.3) is 0 Å². The van der Waals surface area contributed by atoms with E-state index in [0.29, 0.717) is 44.0 Å². The summed E-state index contributed by atoms with van der Waals surface area (Å²) in [5, 5.41) is 2.93. The van der Waals surface area contributed by atoms with Crippen LogP contribution in [-0.4, -0.2) is 36.7 Å². The summed E-state index contributed by atoms with van der Waals surface area (Å²) in [6.07, 6.45) is 4.45. The first-order valence-corrected chi connectivity index (χ1v) is 12.9. The number of carbonyl (C=O) groups is 1. The molecule has 0 saturated carbocycles. The number of amides is 1. The zero-order valence-corrected chi connectivity index (χ0v) is 19.8. The molecule has 0 bridgehead atoms. The highest BCUT2D eigenvalue weighted by atomic mass is 32.2. The zero-order valence-electron chi connectivity index (χ0n) is 19.0. The number of ether oxygens (including phenoxy) is 1. The normalized spacial score (nSPS) is 14.1. The maximum absolute atomic E-state index is 12.6. The molecule has 0 aliphatic carbocycles. The van der Waals surface area contributed by atoms with Crippen LogP contribution < -0.4 is 10.1 Å². The van der Waals surface area contributed by atoms with Crippen molar-refractivity contribution in [1.29, 1.82) is 0 Å². The Kier molecular flexibility index (Phi) is 7.92. The van der Waals surface area contributed by atoms with Crippen molar-refractivity contribution in [3.05, 3.63) is 89.7 Å². The number of nitrogens with zero attached hydrogens (tertiary/aromatic N) is 2. The zero-order chi connectivity index (χ0) is 23.8. The number of sulfonamides is 1. The van der Waals surface area contributed by atoms with Crippen LogP contribution in [0.5, 0.6) is 5.75 Å². The van der Waals surface area contributed by atoms with Gasteiger partial charge >= 0.3 is 0 Å². The Morgan fingerprint density at radius 2 is 1.65 bits per heavy atom. The molecule has 0 unspecified atom stereocenters. The van der Waals surface area contributed by atoms with E-state index in [9.17, 15) is 13.2 Å². The molecular weight excluding hydrogens is 450 g/mol. The lowest BCUT2D eigenvalue weighted by atomic mass is 10.1. The van der Waals surface area contributed by atoms with Gasteiger partial charge in [-0.3, -0.25) is 9.78 Å². The number of carbonyl (C=O) groups excluding carboxylic acids is 1. The molecule has 2 heterocycles. The lowest BCUT2D eigenvalue weighted by Crippen LogP contribution is -2.27. The average Bonchev–Trinajstić information content (AvgIpc) is 3.43. The molecule has 34 heavy (non-hydrogen) atoms. The highest BCUT2D eigenvalue weighted by Crippen LogP contribution is 2.21. The standard InChI is InChI=1S/C26H29N3O4S/c30-26(15-10-21-8-13-25(14-9-21)34(31,32)29-17-3-4-18-29)28-19-22-6-11-24(12-7-22)33-20-23-5-1-2-16-27-23/h1-2,5-9,11-14,16H,3-4,10,15,17-20H2,(H,28,30). The van der Waals surface area contributed by atoms with Crippen molar-refractivity contribution < 1.29 is 17.9 Å². The first-order chi connectivity index (χ1) is 16.5. The first-order valence-electron chi connectivity index (χ1n) is 11.5. The summed E-state index contributed by atoms with van der Waals surface area (Å²) >= 11 is 0. The molecule has 7 nitrogen and oxygen atoms in total. The minimum absolute atomic E-state index is 0.0516. The van der Waals surface area contributed by atoms with Crippen LogP contribution >= 0.6 is 0 Å². The molecule has 1 aliphatic heterocycles. The van der Waals surface area contributed by atoms with Gasteiger partial charge in [-0.25, -0.2) is 8.42 Å². The van der Waals surface area contributed by atoms with Crippen molar-refractivity contribution in [2.45, 2.75) is 43.7 Å². The Hall–Kier alpha value is -3.23. The number of rotatable bonds is 10. The fourth-order valence-corrected chi connectivity index (χ4v) is 5.31. The summed E-state index contributed by atoms with van der Waals surface area (Å²) in [4.78, 5) is 16.8. The molecule has 0 radical (unpaired) electrons. The van der Waals surface area contributed by atoms with Gasteiger partial charge in [-0.2, -0.15) is 4.31 Å². The SMILES string of the molecule is O=C(CCc1ccc(S(=O)(=O)N2CCCC2)cc1)NCc1ccc(OCc2ccccn2)cc1. The average molecular weight is 480 g/mol. The predicted molar refractivity (Wildman–Crippen MR) is 130 cm³/mol. The molecule has 8 heteroatoms. The first kappa shape index (κ1) is 23.9. The van der Waals surface area contributed by atoms with Gasteiger partial charge in [0.2, 0.25) is 15.9 Å². The maximum atomic E-state index is 12.6. The Bertz CT molecular complexity index is 1170. The van der Waals surface area contributed by atoms with E-state index < -0.39 is 10.0 Å². The highest BCUT2D eigenvalue weighted by molar-refractivity contribution is 7.89. The van der Waals surface area contributed by atoms with E-state index in [1.54, 1.807) is 30.5 Å². The molecule has 2 aromatic carbocycles. The highest BCUT2D eigenvalue weighted by Gasteiger charge is 2.26. The Balaban J connectivity index is 1.20. The van der Waals surface area contributed by atoms with Gasteiger partial charge in [-0.05, 0) is 66.8 Å². The van der Waals surface area contributed by atoms with Gasteiger partial charge in [-0.1, -0.05) is 30.3 Å². The van der Waals surface area contributed by atoms with Gasteiger partial charge in [0.1, 0.15) is 12.4 Å². The van der Waals surface area contributed by atoms with Crippen molar-refractivity contribution in [3.8, 4) is 5.75 Å². The van der Waals surface area contributed by atoms with Crippen LogP contribution in [0.4, 0.5) is 0 Å². The van der Waals surface area contributed by atoms with Crippen LogP contribution in [-0.2, 0) is 34.4 Å². The number of hydrogen-bond donors (Lipinski definition) is 1. The van der Waals surface area contributed by atoms with Gasteiger partial charge < -0.3 is 10.1 Å². The lowest BCUT2D eigenvalue weighted by molar-refractivity contribution is -0.121. The van der Waals surface area contributed by atoms with E-state index in [0.717, 1.165) is 35.4 Å². The smallest absolute Gasteiger partial charge is 0.243 e. The molecular formula is C26H29N3O4S. The van der Waals surface area contributed by atoms with E-state index in [4.69, 9.17) is 4.74 Å². The number of nitrogens with one attached hydrogen (secondary N) is 1. The van der Waals surface area contributed by atoms with Crippen molar-refractivity contribution >= 4 is 15.9 Å². The summed E-state index contributed by atoms with van der Waals surface area (Å²) in [6.45, 7) is 2.02. The molecule has 1 aromatic heterocycles.